The fourth-order valence-electron chi connectivity index (χ4n) is 2.81. The van der Waals surface area contributed by atoms with Crippen LogP contribution in [0.5, 0.6) is 0 Å². The van der Waals surface area contributed by atoms with Crippen molar-refractivity contribution in [2.75, 3.05) is 26.2 Å². The summed E-state index contributed by atoms with van der Waals surface area (Å²) in [5.41, 5.74) is -0.746. The van der Waals surface area contributed by atoms with E-state index in [1.807, 2.05) is 0 Å². The van der Waals surface area contributed by atoms with Gasteiger partial charge in [-0.3, -0.25) is 9.59 Å². The molecule has 2 aliphatic heterocycles. The number of carboxylic acid groups (broad SMARTS) is 1. The number of amides is 1. The number of hydrogen-bond acceptors (Lipinski definition) is 3. The molecule has 102 valence electrons. The molecule has 0 bridgehead atoms. The SMILES string of the molecule is CC1(C(=O)O)CCN(C(=O)CC2CCNCC2)C1. The highest BCUT2D eigenvalue weighted by atomic mass is 16.4. The lowest BCUT2D eigenvalue weighted by Gasteiger charge is -2.25. The van der Waals surface area contributed by atoms with Crippen LogP contribution in [0.3, 0.4) is 0 Å². The maximum absolute atomic E-state index is 12.1. The van der Waals surface area contributed by atoms with Crippen molar-refractivity contribution in [1.82, 2.24) is 10.2 Å². The summed E-state index contributed by atoms with van der Waals surface area (Å²) in [4.78, 5) is 25.0. The Labute approximate surface area is 108 Å². The van der Waals surface area contributed by atoms with Crippen LogP contribution < -0.4 is 5.32 Å². The van der Waals surface area contributed by atoms with Crippen LogP contribution in [0.2, 0.25) is 0 Å². The molecule has 2 saturated heterocycles. The zero-order valence-electron chi connectivity index (χ0n) is 10.9. The Morgan fingerprint density at radius 2 is 2.06 bits per heavy atom. The Kier molecular flexibility index (Phi) is 3.90. The molecule has 0 aromatic carbocycles. The van der Waals surface area contributed by atoms with E-state index in [9.17, 15) is 9.59 Å². The highest BCUT2D eigenvalue weighted by Crippen LogP contribution is 2.31. The van der Waals surface area contributed by atoms with E-state index in [0.717, 1.165) is 25.9 Å². The number of rotatable bonds is 3. The first-order valence-corrected chi connectivity index (χ1v) is 6.73. The summed E-state index contributed by atoms with van der Waals surface area (Å²) in [5.74, 6) is -0.193. The Morgan fingerprint density at radius 1 is 1.39 bits per heavy atom. The highest BCUT2D eigenvalue weighted by Gasteiger charge is 2.42. The zero-order valence-corrected chi connectivity index (χ0v) is 10.9. The van der Waals surface area contributed by atoms with Crippen molar-refractivity contribution in [2.24, 2.45) is 11.3 Å². The first kappa shape index (κ1) is 13.3. The third-order valence-electron chi connectivity index (χ3n) is 4.26. The molecule has 2 aliphatic rings. The van der Waals surface area contributed by atoms with E-state index in [1.165, 1.54) is 0 Å². The number of piperidine rings is 1. The molecule has 0 aliphatic carbocycles. The van der Waals surface area contributed by atoms with Crippen LogP contribution in [0.15, 0.2) is 0 Å². The summed E-state index contributed by atoms with van der Waals surface area (Å²) < 4.78 is 0. The molecule has 0 aromatic rings. The van der Waals surface area contributed by atoms with Crippen molar-refractivity contribution in [2.45, 2.75) is 32.6 Å². The average Bonchev–Trinajstić information content (AvgIpc) is 2.75. The molecule has 18 heavy (non-hydrogen) atoms. The first-order valence-electron chi connectivity index (χ1n) is 6.73. The summed E-state index contributed by atoms with van der Waals surface area (Å²) in [6, 6.07) is 0. The van der Waals surface area contributed by atoms with Crippen LogP contribution in [-0.4, -0.2) is 48.1 Å². The number of aliphatic carboxylic acids is 1. The van der Waals surface area contributed by atoms with Gasteiger partial charge in [0.1, 0.15) is 0 Å². The van der Waals surface area contributed by atoms with E-state index in [4.69, 9.17) is 5.11 Å². The summed E-state index contributed by atoms with van der Waals surface area (Å²) in [6.45, 7) is 4.67. The molecule has 1 amide bonds. The number of carbonyl (C=O) groups excluding carboxylic acids is 1. The van der Waals surface area contributed by atoms with Gasteiger partial charge in [0.05, 0.1) is 5.41 Å². The number of nitrogens with zero attached hydrogens (tertiary/aromatic N) is 1. The quantitative estimate of drug-likeness (QED) is 0.778. The van der Waals surface area contributed by atoms with Gasteiger partial charge in [-0.15, -0.1) is 0 Å². The van der Waals surface area contributed by atoms with Gasteiger partial charge < -0.3 is 15.3 Å². The second kappa shape index (κ2) is 5.26. The molecule has 0 saturated carbocycles. The molecular formula is C13H22N2O3. The molecule has 2 rings (SSSR count). The molecule has 0 spiro atoms. The van der Waals surface area contributed by atoms with Crippen LogP contribution >= 0.6 is 0 Å². The molecule has 2 fully saturated rings. The minimum absolute atomic E-state index is 0.131. The number of nitrogens with one attached hydrogen (secondary N) is 1. The number of carbonyl (C=O) groups is 2. The Bertz CT molecular complexity index is 339. The van der Waals surface area contributed by atoms with Crippen LogP contribution in [0.1, 0.15) is 32.6 Å². The molecule has 2 N–H and O–H groups in total. The minimum Gasteiger partial charge on any atom is -0.481 e. The third-order valence-corrected chi connectivity index (χ3v) is 4.26. The number of hydrogen-bond donors (Lipinski definition) is 2. The predicted octanol–water partition coefficient (Wildman–Crippen LogP) is 0.699. The smallest absolute Gasteiger partial charge is 0.311 e. The molecule has 0 aromatic heterocycles. The van der Waals surface area contributed by atoms with E-state index in [1.54, 1.807) is 11.8 Å². The second-order valence-corrected chi connectivity index (χ2v) is 5.83. The van der Waals surface area contributed by atoms with Gasteiger partial charge in [0.25, 0.3) is 0 Å². The van der Waals surface area contributed by atoms with Crippen molar-refractivity contribution in [3.05, 3.63) is 0 Å². The van der Waals surface area contributed by atoms with Crippen LogP contribution in [0.25, 0.3) is 0 Å². The van der Waals surface area contributed by atoms with Crippen LogP contribution in [0, 0.1) is 11.3 Å². The molecular weight excluding hydrogens is 232 g/mol. The van der Waals surface area contributed by atoms with Crippen molar-refractivity contribution < 1.29 is 14.7 Å². The maximum atomic E-state index is 12.1. The Balaban J connectivity index is 1.85. The summed E-state index contributed by atoms with van der Waals surface area (Å²) in [5, 5.41) is 12.4. The number of carboxylic acids is 1. The van der Waals surface area contributed by atoms with E-state index in [2.05, 4.69) is 5.32 Å². The number of likely N-dealkylation sites (tertiary alicyclic amines) is 1. The lowest BCUT2D eigenvalue weighted by atomic mass is 9.90. The highest BCUT2D eigenvalue weighted by molar-refractivity contribution is 5.80. The van der Waals surface area contributed by atoms with E-state index in [-0.39, 0.29) is 5.91 Å². The van der Waals surface area contributed by atoms with Gasteiger partial charge in [0.2, 0.25) is 5.91 Å². The predicted molar refractivity (Wildman–Crippen MR) is 67.2 cm³/mol. The third kappa shape index (κ3) is 2.83. The summed E-state index contributed by atoms with van der Waals surface area (Å²) in [6.07, 6.45) is 3.25. The van der Waals surface area contributed by atoms with Crippen LogP contribution in [-0.2, 0) is 9.59 Å². The fourth-order valence-corrected chi connectivity index (χ4v) is 2.81. The molecule has 1 atom stereocenters. The average molecular weight is 254 g/mol. The minimum atomic E-state index is -0.792. The van der Waals surface area contributed by atoms with Gasteiger partial charge in [0, 0.05) is 19.5 Å². The van der Waals surface area contributed by atoms with E-state index >= 15 is 0 Å². The van der Waals surface area contributed by atoms with Gasteiger partial charge in [-0.1, -0.05) is 0 Å². The zero-order chi connectivity index (χ0) is 13.2. The topological polar surface area (TPSA) is 69.6 Å². The largest absolute Gasteiger partial charge is 0.481 e. The summed E-state index contributed by atoms with van der Waals surface area (Å²) in [7, 11) is 0. The van der Waals surface area contributed by atoms with Gasteiger partial charge in [-0.05, 0) is 45.2 Å². The van der Waals surface area contributed by atoms with Gasteiger partial charge in [-0.2, -0.15) is 0 Å². The van der Waals surface area contributed by atoms with Gasteiger partial charge in [0.15, 0.2) is 0 Å². The lowest BCUT2D eigenvalue weighted by Crippen LogP contribution is -2.37. The van der Waals surface area contributed by atoms with E-state index in [0.29, 0.717) is 31.8 Å². The van der Waals surface area contributed by atoms with Crippen LogP contribution in [0.4, 0.5) is 0 Å². The summed E-state index contributed by atoms with van der Waals surface area (Å²) >= 11 is 0. The van der Waals surface area contributed by atoms with Crippen molar-refractivity contribution in [3.63, 3.8) is 0 Å². The van der Waals surface area contributed by atoms with E-state index < -0.39 is 11.4 Å². The maximum Gasteiger partial charge on any atom is 0.311 e. The van der Waals surface area contributed by atoms with Gasteiger partial charge in [-0.25, -0.2) is 0 Å². The molecule has 2 heterocycles. The van der Waals surface area contributed by atoms with Crippen molar-refractivity contribution in [1.29, 1.82) is 0 Å². The molecule has 5 nitrogen and oxygen atoms in total. The van der Waals surface area contributed by atoms with Crippen molar-refractivity contribution >= 4 is 11.9 Å². The normalized spacial score (nSPS) is 29.5. The molecule has 1 unspecified atom stereocenters. The molecule has 5 heteroatoms. The van der Waals surface area contributed by atoms with Gasteiger partial charge >= 0.3 is 5.97 Å². The monoisotopic (exact) mass is 254 g/mol. The standard InChI is InChI=1S/C13H22N2O3/c1-13(12(17)18)4-7-15(9-13)11(16)8-10-2-5-14-6-3-10/h10,14H,2-9H2,1H3,(H,17,18). The fraction of sp³-hybridized carbons (Fsp3) is 0.846. The first-order chi connectivity index (χ1) is 8.51. The Hall–Kier alpha value is -1.10. The molecule has 0 radical (unpaired) electrons. The Morgan fingerprint density at radius 3 is 2.61 bits per heavy atom. The van der Waals surface area contributed by atoms with Crippen molar-refractivity contribution in [3.8, 4) is 0 Å². The second-order valence-electron chi connectivity index (χ2n) is 5.83. The lowest BCUT2D eigenvalue weighted by molar-refractivity contribution is -0.147.